The summed E-state index contributed by atoms with van der Waals surface area (Å²) in [5.74, 6) is 0. The molecular formula is C13H14F3N3S. The predicted molar refractivity (Wildman–Crippen MR) is 71.2 cm³/mol. The topological polar surface area (TPSA) is 37.8 Å². The Kier molecular flexibility index (Phi) is 4.72. The predicted octanol–water partition coefficient (Wildman–Crippen LogP) is 3.80. The van der Waals surface area contributed by atoms with Crippen molar-refractivity contribution in [2.45, 2.75) is 32.1 Å². The van der Waals surface area contributed by atoms with Gasteiger partial charge in [0.2, 0.25) is 0 Å². The number of thiazole rings is 1. The maximum absolute atomic E-state index is 12.8. The normalized spacial score (nSPS) is 13.4. The number of rotatable bonds is 5. The SMILES string of the molecule is CC[C@H](NCc1ncccc1C(F)(F)F)c1nccs1. The van der Waals surface area contributed by atoms with Crippen LogP contribution < -0.4 is 5.32 Å². The van der Waals surface area contributed by atoms with E-state index in [4.69, 9.17) is 0 Å². The third kappa shape index (κ3) is 3.55. The first-order chi connectivity index (χ1) is 9.52. The molecule has 2 heterocycles. The van der Waals surface area contributed by atoms with Crippen LogP contribution >= 0.6 is 11.3 Å². The molecule has 7 heteroatoms. The molecule has 0 aliphatic carbocycles. The zero-order chi connectivity index (χ0) is 14.6. The highest BCUT2D eigenvalue weighted by molar-refractivity contribution is 7.09. The summed E-state index contributed by atoms with van der Waals surface area (Å²) in [6.45, 7) is 2.02. The van der Waals surface area contributed by atoms with Gasteiger partial charge >= 0.3 is 6.18 Å². The van der Waals surface area contributed by atoms with Crippen molar-refractivity contribution in [3.8, 4) is 0 Å². The number of alkyl halides is 3. The van der Waals surface area contributed by atoms with Gasteiger partial charge < -0.3 is 5.32 Å². The smallest absolute Gasteiger partial charge is 0.302 e. The summed E-state index contributed by atoms with van der Waals surface area (Å²) in [6, 6.07) is 2.29. The molecule has 0 radical (unpaired) electrons. The number of nitrogens with one attached hydrogen (secondary N) is 1. The van der Waals surface area contributed by atoms with Gasteiger partial charge in [0.05, 0.1) is 17.3 Å². The Labute approximate surface area is 118 Å². The highest BCUT2D eigenvalue weighted by Gasteiger charge is 2.33. The van der Waals surface area contributed by atoms with Gasteiger partial charge in [0.15, 0.2) is 0 Å². The van der Waals surface area contributed by atoms with Crippen molar-refractivity contribution in [2.75, 3.05) is 0 Å². The number of pyridine rings is 1. The van der Waals surface area contributed by atoms with Crippen molar-refractivity contribution in [3.63, 3.8) is 0 Å². The van der Waals surface area contributed by atoms with Crippen LogP contribution in [0.2, 0.25) is 0 Å². The van der Waals surface area contributed by atoms with Crippen molar-refractivity contribution in [2.24, 2.45) is 0 Å². The van der Waals surface area contributed by atoms with E-state index in [-0.39, 0.29) is 18.3 Å². The van der Waals surface area contributed by atoms with E-state index in [1.807, 2.05) is 12.3 Å². The number of aromatic nitrogens is 2. The van der Waals surface area contributed by atoms with Crippen LogP contribution in [0.3, 0.4) is 0 Å². The van der Waals surface area contributed by atoms with Gasteiger partial charge in [-0.3, -0.25) is 4.98 Å². The molecule has 0 fully saturated rings. The van der Waals surface area contributed by atoms with Gasteiger partial charge in [0.1, 0.15) is 5.01 Å². The van der Waals surface area contributed by atoms with E-state index >= 15 is 0 Å². The van der Waals surface area contributed by atoms with Crippen LogP contribution in [-0.2, 0) is 12.7 Å². The summed E-state index contributed by atoms with van der Waals surface area (Å²) in [7, 11) is 0. The second-order valence-electron chi connectivity index (χ2n) is 4.21. The number of hydrogen-bond acceptors (Lipinski definition) is 4. The molecule has 20 heavy (non-hydrogen) atoms. The lowest BCUT2D eigenvalue weighted by atomic mass is 10.1. The first-order valence-corrected chi connectivity index (χ1v) is 7.04. The standard InChI is InChI=1S/C13H14F3N3S/c1-2-10(12-18-6-7-20-12)19-8-11-9(13(14,15)16)4-3-5-17-11/h3-7,10,19H,2,8H2,1H3/t10-/m0/s1. The van der Waals surface area contributed by atoms with Gasteiger partial charge in [-0.25, -0.2) is 4.98 Å². The van der Waals surface area contributed by atoms with E-state index in [2.05, 4.69) is 15.3 Å². The van der Waals surface area contributed by atoms with E-state index in [1.54, 1.807) is 6.20 Å². The van der Waals surface area contributed by atoms with Crippen molar-refractivity contribution in [3.05, 3.63) is 46.2 Å². The third-order valence-corrected chi connectivity index (χ3v) is 3.76. The summed E-state index contributed by atoms with van der Waals surface area (Å²) in [5, 5.41) is 5.81. The lowest BCUT2D eigenvalue weighted by Gasteiger charge is -2.16. The minimum Gasteiger partial charge on any atom is -0.302 e. The van der Waals surface area contributed by atoms with E-state index in [1.165, 1.54) is 23.6 Å². The highest BCUT2D eigenvalue weighted by atomic mass is 32.1. The molecule has 108 valence electrons. The molecule has 0 saturated carbocycles. The monoisotopic (exact) mass is 301 g/mol. The van der Waals surface area contributed by atoms with Gasteiger partial charge in [-0.05, 0) is 18.6 Å². The molecule has 3 nitrogen and oxygen atoms in total. The van der Waals surface area contributed by atoms with Crippen molar-refractivity contribution in [1.29, 1.82) is 0 Å². The largest absolute Gasteiger partial charge is 0.418 e. The molecule has 1 N–H and O–H groups in total. The number of nitrogens with zero attached hydrogens (tertiary/aromatic N) is 2. The Bertz CT molecular complexity index is 540. The lowest BCUT2D eigenvalue weighted by molar-refractivity contribution is -0.138. The third-order valence-electron chi connectivity index (χ3n) is 2.87. The summed E-state index contributed by atoms with van der Waals surface area (Å²) in [6.07, 6.45) is -0.571. The van der Waals surface area contributed by atoms with E-state index < -0.39 is 11.7 Å². The maximum atomic E-state index is 12.8. The van der Waals surface area contributed by atoms with Crippen molar-refractivity contribution < 1.29 is 13.2 Å². The fourth-order valence-electron chi connectivity index (χ4n) is 1.87. The van der Waals surface area contributed by atoms with Crippen molar-refractivity contribution >= 4 is 11.3 Å². The Morgan fingerprint density at radius 1 is 1.30 bits per heavy atom. The molecule has 2 aromatic rings. The fraction of sp³-hybridized carbons (Fsp3) is 0.385. The maximum Gasteiger partial charge on any atom is 0.418 e. The van der Waals surface area contributed by atoms with Gasteiger partial charge in [-0.1, -0.05) is 6.92 Å². The molecule has 0 spiro atoms. The second-order valence-corrected chi connectivity index (χ2v) is 5.13. The average molecular weight is 301 g/mol. The molecule has 2 aromatic heterocycles. The molecule has 0 bridgehead atoms. The number of halogens is 3. The summed E-state index contributed by atoms with van der Waals surface area (Å²) in [5.41, 5.74) is -0.684. The lowest BCUT2D eigenvalue weighted by Crippen LogP contribution is -2.23. The molecule has 0 amide bonds. The first-order valence-electron chi connectivity index (χ1n) is 6.16. The molecule has 0 saturated heterocycles. The van der Waals surface area contributed by atoms with Gasteiger partial charge in [-0.15, -0.1) is 11.3 Å². The van der Waals surface area contributed by atoms with Crippen LogP contribution in [0.4, 0.5) is 13.2 Å². The second kappa shape index (κ2) is 6.32. The molecule has 0 aliphatic rings. The molecule has 1 atom stereocenters. The van der Waals surface area contributed by atoms with Crippen LogP contribution in [0.25, 0.3) is 0 Å². The molecule has 2 rings (SSSR count). The summed E-state index contributed by atoms with van der Waals surface area (Å²) < 4.78 is 38.5. The van der Waals surface area contributed by atoms with Gasteiger partial charge in [0, 0.05) is 24.3 Å². The summed E-state index contributed by atoms with van der Waals surface area (Å²) >= 11 is 1.48. The van der Waals surface area contributed by atoms with Crippen LogP contribution in [-0.4, -0.2) is 9.97 Å². The van der Waals surface area contributed by atoms with Crippen LogP contribution in [0, 0.1) is 0 Å². The molecule has 0 aliphatic heterocycles. The van der Waals surface area contributed by atoms with Gasteiger partial charge in [-0.2, -0.15) is 13.2 Å². The Hall–Kier alpha value is -1.47. The zero-order valence-corrected chi connectivity index (χ0v) is 11.6. The zero-order valence-electron chi connectivity index (χ0n) is 10.8. The van der Waals surface area contributed by atoms with Crippen LogP contribution in [0.5, 0.6) is 0 Å². The average Bonchev–Trinajstić information content (AvgIpc) is 2.93. The Morgan fingerprint density at radius 2 is 2.10 bits per heavy atom. The highest BCUT2D eigenvalue weighted by Crippen LogP contribution is 2.31. The van der Waals surface area contributed by atoms with E-state index in [0.29, 0.717) is 0 Å². The molecule has 0 unspecified atom stereocenters. The van der Waals surface area contributed by atoms with E-state index in [0.717, 1.165) is 17.5 Å². The van der Waals surface area contributed by atoms with Crippen LogP contribution in [0.1, 0.15) is 35.7 Å². The molecular weight excluding hydrogens is 287 g/mol. The minimum absolute atomic E-state index is 0.00926. The van der Waals surface area contributed by atoms with Gasteiger partial charge in [0.25, 0.3) is 0 Å². The first kappa shape index (κ1) is 14.9. The number of hydrogen-bond donors (Lipinski definition) is 1. The Balaban J connectivity index is 2.11. The van der Waals surface area contributed by atoms with E-state index in [9.17, 15) is 13.2 Å². The Morgan fingerprint density at radius 3 is 2.70 bits per heavy atom. The fourth-order valence-corrected chi connectivity index (χ4v) is 2.67. The van der Waals surface area contributed by atoms with Crippen molar-refractivity contribution in [1.82, 2.24) is 15.3 Å². The quantitative estimate of drug-likeness (QED) is 0.913. The molecule has 0 aromatic carbocycles. The van der Waals surface area contributed by atoms with Crippen LogP contribution in [0.15, 0.2) is 29.9 Å². The summed E-state index contributed by atoms with van der Waals surface area (Å²) in [4.78, 5) is 8.02. The minimum atomic E-state index is -4.38.